The number of nitrogens with zero attached hydrogens (tertiary/aromatic N) is 4. The van der Waals surface area contributed by atoms with Gasteiger partial charge in [-0.25, -0.2) is 19.3 Å². The smallest absolute Gasteiger partial charge is 0.230 e. The Kier molecular flexibility index (Phi) is 8.53. The first kappa shape index (κ1) is 25.2. The molecule has 0 aliphatic heterocycles. The average Bonchev–Trinajstić information content (AvgIpc) is 3.47. The molecule has 36 heavy (non-hydrogen) atoms. The molecule has 2 amide bonds. The molecule has 0 aliphatic carbocycles. The molecule has 0 spiro atoms. The van der Waals surface area contributed by atoms with Gasteiger partial charge in [-0.2, -0.15) is 0 Å². The summed E-state index contributed by atoms with van der Waals surface area (Å²) >= 11 is 2.49. The predicted molar refractivity (Wildman–Crippen MR) is 143 cm³/mol. The maximum Gasteiger partial charge on any atom is 0.230 e. The quantitative estimate of drug-likeness (QED) is 0.133. The number of rotatable bonds is 11. The SMILES string of the molecule is Nn1cc(-c2ccccc2)nc1SCC(=O)NCCNC(=O)CSc1nc(-c2ccccc2)cn1N. The molecule has 186 valence electrons. The van der Waals surface area contributed by atoms with Crippen LogP contribution in [0.5, 0.6) is 0 Å². The van der Waals surface area contributed by atoms with Crippen LogP contribution in [0.4, 0.5) is 0 Å². The fourth-order valence-electron chi connectivity index (χ4n) is 3.23. The first-order valence-corrected chi connectivity index (χ1v) is 13.1. The van der Waals surface area contributed by atoms with Crippen LogP contribution >= 0.6 is 23.5 Å². The lowest BCUT2D eigenvalue weighted by molar-refractivity contribution is -0.120. The Morgan fingerprint density at radius 3 is 1.47 bits per heavy atom. The highest BCUT2D eigenvalue weighted by atomic mass is 32.2. The van der Waals surface area contributed by atoms with E-state index in [2.05, 4.69) is 20.6 Å². The van der Waals surface area contributed by atoms with E-state index in [1.54, 1.807) is 12.4 Å². The van der Waals surface area contributed by atoms with Crippen molar-refractivity contribution in [3.05, 3.63) is 73.1 Å². The van der Waals surface area contributed by atoms with Crippen LogP contribution in [0.25, 0.3) is 22.5 Å². The highest BCUT2D eigenvalue weighted by molar-refractivity contribution is 8.00. The van der Waals surface area contributed by atoms with E-state index in [1.165, 1.54) is 32.9 Å². The second kappa shape index (κ2) is 12.2. The van der Waals surface area contributed by atoms with E-state index < -0.39 is 0 Å². The van der Waals surface area contributed by atoms with Crippen molar-refractivity contribution in [3.8, 4) is 22.5 Å². The number of aromatic nitrogens is 4. The molecule has 2 heterocycles. The number of hydrogen-bond donors (Lipinski definition) is 4. The summed E-state index contributed by atoms with van der Waals surface area (Å²) in [4.78, 5) is 33.3. The molecule has 4 rings (SSSR count). The largest absolute Gasteiger partial charge is 0.354 e. The molecule has 0 saturated heterocycles. The first-order chi connectivity index (χ1) is 17.5. The van der Waals surface area contributed by atoms with Crippen LogP contribution in [0.1, 0.15) is 0 Å². The molecule has 0 fully saturated rings. The summed E-state index contributed by atoms with van der Waals surface area (Å²) in [5.74, 6) is 11.9. The topological polar surface area (TPSA) is 146 Å². The summed E-state index contributed by atoms with van der Waals surface area (Å²) in [7, 11) is 0. The van der Waals surface area contributed by atoms with Crippen LogP contribution < -0.4 is 22.3 Å². The number of thioether (sulfide) groups is 2. The van der Waals surface area contributed by atoms with Gasteiger partial charge < -0.3 is 22.3 Å². The van der Waals surface area contributed by atoms with Crippen molar-refractivity contribution < 1.29 is 9.59 Å². The van der Waals surface area contributed by atoms with Crippen molar-refractivity contribution in [1.82, 2.24) is 30.0 Å². The number of carbonyl (C=O) groups is 2. The van der Waals surface area contributed by atoms with E-state index in [9.17, 15) is 9.59 Å². The van der Waals surface area contributed by atoms with Crippen LogP contribution in [0.2, 0.25) is 0 Å². The first-order valence-electron chi connectivity index (χ1n) is 11.1. The van der Waals surface area contributed by atoms with Crippen molar-refractivity contribution in [1.29, 1.82) is 0 Å². The number of amides is 2. The summed E-state index contributed by atoms with van der Waals surface area (Å²) in [6.07, 6.45) is 3.45. The summed E-state index contributed by atoms with van der Waals surface area (Å²) in [6.45, 7) is 0.623. The molecular weight excluding hydrogens is 496 g/mol. The zero-order valence-corrected chi connectivity index (χ0v) is 21.0. The summed E-state index contributed by atoms with van der Waals surface area (Å²) in [5, 5.41) is 6.64. The van der Waals surface area contributed by atoms with E-state index in [4.69, 9.17) is 11.7 Å². The molecule has 10 nitrogen and oxygen atoms in total. The van der Waals surface area contributed by atoms with E-state index in [0.29, 0.717) is 23.4 Å². The fourth-order valence-corrected chi connectivity index (χ4v) is 4.68. The Bertz CT molecular complexity index is 1210. The number of imidazole rings is 2. The van der Waals surface area contributed by atoms with Crippen LogP contribution in [-0.2, 0) is 9.59 Å². The second-order valence-electron chi connectivity index (χ2n) is 7.64. The van der Waals surface area contributed by atoms with Crippen molar-refractivity contribution >= 4 is 35.3 Å². The van der Waals surface area contributed by atoms with Gasteiger partial charge in [-0.15, -0.1) is 0 Å². The minimum Gasteiger partial charge on any atom is -0.354 e. The maximum atomic E-state index is 12.2. The zero-order valence-electron chi connectivity index (χ0n) is 19.3. The van der Waals surface area contributed by atoms with Gasteiger partial charge in [0.2, 0.25) is 11.8 Å². The van der Waals surface area contributed by atoms with E-state index in [1.807, 2.05) is 60.7 Å². The second-order valence-corrected chi connectivity index (χ2v) is 9.53. The lowest BCUT2D eigenvalue weighted by Crippen LogP contribution is -2.36. The van der Waals surface area contributed by atoms with E-state index >= 15 is 0 Å². The Morgan fingerprint density at radius 1 is 0.694 bits per heavy atom. The molecule has 0 atom stereocenters. The van der Waals surface area contributed by atoms with Gasteiger partial charge in [0.05, 0.1) is 35.3 Å². The molecule has 6 N–H and O–H groups in total. The van der Waals surface area contributed by atoms with Gasteiger partial charge >= 0.3 is 0 Å². The van der Waals surface area contributed by atoms with Crippen LogP contribution in [0, 0.1) is 0 Å². The molecule has 0 radical (unpaired) electrons. The number of carbonyl (C=O) groups excluding carboxylic acids is 2. The number of hydrogen-bond acceptors (Lipinski definition) is 8. The number of nitrogens with two attached hydrogens (primary N) is 2. The number of benzene rings is 2. The minimum absolute atomic E-state index is 0.162. The van der Waals surface area contributed by atoms with Crippen molar-refractivity contribution in [2.24, 2.45) is 0 Å². The van der Waals surface area contributed by atoms with Gasteiger partial charge in [0, 0.05) is 24.2 Å². The van der Waals surface area contributed by atoms with Gasteiger partial charge in [0.15, 0.2) is 10.3 Å². The average molecular weight is 523 g/mol. The third-order valence-corrected chi connectivity index (χ3v) is 6.90. The standard InChI is InChI=1S/C24H26N8O2S2/c25-31-13-19(17-7-3-1-4-8-17)29-23(31)35-15-21(33)27-11-12-28-22(34)16-36-24-30-20(14-32(24)26)18-9-5-2-6-10-18/h1-10,13-14H,11-12,15-16,25-26H2,(H,27,33)(H,28,34). The van der Waals surface area contributed by atoms with Crippen molar-refractivity contribution in [3.63, 3.8) is 0 Å². The zero-order chi connectivity index (χ0) is 25.3. The Balaban J connectivity index is 1.14. The fraction of sp³-hybridized carbons (Fsp3) is 0.167. The minimum atomic E-state index is -0.175. The summed E-state index contributed by atoms with van der Waals surface area (Å²) in [6, 6.07) is 19.4. The van der Waals surface area contributed by atoms with Gasteiger partial charge in [-0.3, -0.25) is 9.59 Å². The summed E-state index contributed by atoms with van der Waals surface area (Å²) < 4.78 is 2.82. The lowest BCUT2D eigenvalue weighted by atomic mass is 10.2. The number of nitrogen functional groups attached to an aromatic ring is 2. The van der Waals surface area contributed by atoms with Gasteiger partial charge in [-0.1, -0.05) is 84.2 Å². The molecule has 0 saturated carbocycles. The molecule has 2 aromatic heterocycles. The molecule has 0 unspecified atom stereocenters. The molecular formula is C24H26N8O2S2. The molecule has 2 aromatic carbocycles. The van der Waals surface area contributed by atoms with Gasteiger partial charge in [0.25, 0.3) is 0 Å². The monoisotopic (exact) mass is 522 g/mol. The highest BCUT2D eigenvalue weighted by Gasteiger charge is 2.12. The molecule has 0 bridgehead atoms. The molecule has 4 aromatic rings. The van der Waals surface area contributed by atoms with Gasteiger partial charge in [0.1, 0.15) is 0 Å². The highest BCUT2D eigenvalue weighted by Crippen LogP contribution is 2.23. The maximum absolute atomic E-state index is 12.2. The van der Waals surface area contributed by atoms with Crippen molar-refractivity contribution in [2.45, 2.75) is 10.3 Å². The lowest BCUT2D eigenvalue weighted by Gasteiger charge is -2.07. The van der Waals surface area contributed by atoms with Crippen LogP contribution in [0.3, 0.4) is 0 Å². The normalized spacial score (nSPS) is 10.8. The predicted octanol–water partition coefficient (Wildman–Crippen LogP) is 1.96. The third-order valence-electron chi connectivity index (χ3n) is 4.97. The Morgan fingerprint density at radius 2 is 1.08 bits per heavy atom. The molecule has 12 heteroatoms. The summed E-state index contributed by atoms with van der Waals surface area (Å²) in [5.41, 5.74) is 3.40. The van der Waals surface area contributed by atoms with E-state index in [-0.39, 0.29) is 23.3 Å². The van der Waals surface area contributed by atoms with E-state index in [0.717, 1.165) is 22.5 Å². The van der Waals surface area contributed by atoms with Crippen LogP contribution in [0.15, 0.2) is 83.4 Å². The van der Waals surface area contributed by atoms with Crippen molar-refractivity contribution in [2.75, 3.05) is 36.3 Å². The molecule has 0 aliphatic rings. The van der Waals surface area contributed by atoms with Gasteiger partial charge in [-0.05, 0) is 0 Å². The number of nitrogens with one attached hydrogen (secondary N) is 2. The third kappa shape index (κ3) is 6.83. The Hall–Kier alpha value is -3.90. The Labute approximate surface area is 216 Å². The van der Waals surface area contributed by atoms with Crippen LogP contribution in [-0.4, -0.2) is 55.7 Å².